The van der Waals surface area contributed by atoms with Crippen LogP contribution in [0.15, 0.2) is 79.0 Å². The highest BCUT2D eigenvalue weighted by Gasteiger charge is 2.37. The minimum absolute atomic E-state index is 0.0554. The van der Waals surface area contributed by atoms with E-state index in [0.29, 0.717) is 18.8 Å². The van der Waals surface area contributed by atoms with Gasteiger partial charge in [-0.15, -0.1) is 0 Å². The molecule has 2 aliphatic rings. The lowest BCUT2D eigenvalue weighted by atomic mass is 10.0. The van der Waals surface area contributed by atoms with Crippen molar-refractivity contribution >= 4 is 11.8 Å². The molecule has 33 heavy (non-hydrogen) atoms. The van der Waals surface area contributed by atoms with Gasteiger partial charge >= 0.3 is 0 Å². The Kier molecular flexibility index (Phi) is 6.26. The summed E-state index contributed by atoms with van der Waals surface area (Å²) in [6, 6.07) is 23.7. The van der Waals surface area contributed by atoms with Crippen molar-refractivity contribution in [3.8, 4) is 0 Å². The number of hydrogen-bond donors (Lipinski definition) is 1. The molecule has 1 N–H and O–H groups in total. The van der Waals surface area contributed by atoms with Crippen LogP contribution < -0.4 is 5.32 Å². The summed E-state index contributed by atoms with van der Waals surface area (Å²) in [7, 11) is 0. The van der Waals surface area contributed by atoms with E-state index in [1.165, 1.54) is 5.56 Å². The van der Waals surface area contributed by atoms with Crippen LogP contribution >= 0.6 is 0 Å². The Balaban J connectivity index is 1.23. The van der Waals surface area contributed by atoms with Gasteiger partial charge in [-0.2, -0.15) is 0 Å². The minimum atomic E-state index is -0.514. The number of nitrogens with one attached hydrogen (secondary N) is 1. The maximum absolute atomic E-state index is 13.4. The lowest BCUT2D eigenvalue weighted by Gasteiger charge is -2.38. The zero-order valence-electron chi connectivity index (χ0n) is 18.8. The molecule has 1 aromatic heterocycles. The number of benzene rings is 2. The first-order valence-corrected chi connectivity index (χ1v) is 11.7. The van der Waals surface area contributed by atoms with Gasteiger partial charge in [0.05, 0.1) is 6.54 Å². The molecular formula is C27H30N4O2. The Morgan fingerprint density at radius 2 is 1.48 bits per heavy atom. The van der Waals surface area contributed by atoms with Gasteiger partial charge in [0.15, 0.2) is 0 Å². The van der Waals surface area contributed by atoms with Crippen molar-refractivity contribution in [2.75, 3.05) is 13.1 Å². The first-order chi connectivity index (χ1) is 16.2. The molecule has 3 aromatic rings. The third kappa shape index (κ3) is 4.86. The van der Waals surface area contributed by atoms with Crippen molar-refractivity contribution in [3.05, 3.63) is 95.8 Å². The summed E-state index contributed by atoms with van der Waals surface area (Å²) >= 11 is 0. The van der Waals surface area contributed by atoms with E-state index in [4.69, 9.17) is 0 Å². The van der Waals surface area contributed by atoms with Crippen LogP contribution in [0.25, 0.3) is 0 Å². The van der Waals surface area contributed by atoms with E-state index in [-0.39, 0.29) is 17.9 Å². The molecule has 2 amide bonds. The van der Waals surface area contributed by atoms with Crippen molar-refractivity contribution < 1.29 is 9.59 Å². The number of likely N-dealkylation sites (tertiary alicyclic amines) is 1. The van der Waals surface area contributed by atoms with E-state index in [9.17, 15) is 9.59 Å². The SMILES string of the molecule is O=C(NC1CCN(Cc2ccccc2)CC1)C1Cn2cccc2C(=O)N1Cc1ccccc1. The van der Waals surface area contributed by atoms with Gasteiger partial charge in [0.1, 0.15) is 11.7 Å². The Morgan fingerprint density at radius 1 is 0.848 bits per heavy atom. The van der Waals surface area contributed by atoms with Gasteiger partial charge < -0.3 is 14.8 Å². The molecule has 0 bridgehead atoms. The van der Waals surface area contributed by atoms with Crippen LogP contribution in [0.1, 0.15) is 34.5 Å². The summed E-state index contributed by atoms with van der Waals surface area (Å²) in [5, 5.41) is 3.26. The summed E-state index contributed by atoms with van der Waals surface area (Å²) in [5.41, 5.74) is 2.99. The fourth-order valence-corrected chi connectivity index (χ4v) is 4.90. The first kappa shape index (κ1) is 21.5. The molecule has 170 valence electrons. The predicted octanol–water partition coefficient (Wildman–Crippen LogP) is 3.29. The molecule has 6 nitrogen and oxygen atoms in total. The second kappa shape index (κ2) is 9.63. The number of amides is 2. The predicted molar refractivity (Wildman–Crippen MR) is 127 cm³/mol. The van der Waals surface area contributed by atoms with Crippen LogP contribution in [-0.4, -0.2) is 51.4 Å². The van der Waals surface area contributed by atoms with Crippen LogP contribution in [0.3, 0.4) is 0 Å². The van der Waals surface area contributed by atoms with E-state index in [2.05, 4.69) is 34.5 Å². The van der Waals surface area contributed by atoms with E-state index in [1.54, 1.807) is 4.90 Å². The van der Waals surface area contributed by atoms with Gasteiger partial charge in [0, 0.05) is 38.4 Å². The normalized spacial score (nSPS) is 19.3. The highest BCUT2D eigenvalue weighted by atomic mass is 16.2. The average Bonchev–Trinajstić information content (AvgIpc) is 3.32. The van der Waals surface area contributed by atoms with E-state index in [1.807, 2.05) is 59.3 Å². The van der Waals surface area contributed by atoms with Gasteiger partial charge in [-0.25, -0.2) is 0 Å². The molecule has 0 radical (unpaired) electrons. The van der Waals surface area contributed by atoms with Gasteiger partial charge in [0.2, 0.25) is 5.91 Å². The first-order valence-electron chi connectivity index (χ1n) is 11.7. The van der Waals surface area contributed by atoms with Crippen molar-refractivity contribution in [1.29, 1.82) is 0 Å². The average molecular weight is 443 g/mol. The Hall–Kier alpha value is -3.38. The van der Waals surface area contributed by atoms with Crippen molar-refractivity contribution in [2.24, 2.45) is 0 Å². The molecule has 1 atom stereocenters. The number of piperidine rings is 1. The molecule has 1 fully saturated rings. The van der Waals surface area contributed by atoms with E-state index >= 15 is 0 Å². The van der Waals surface area contributed by atoms with Crippen LogP contribution in [0.2, 0.25) is 0 Å². The van der Waals surface area contributed by atoms with Crippen LogP contribution in [0, 0.1) is 0 Å². The van der Waals surface area contributed by atoms with Gasteiger partial charge in [-0.3, -0.25) is 14.5 Å². The lowest BCUT2D eigenvalue weighted by molar-refractivity contribution is -0.127. The second-order valence-corrected chi connectivity index (χ2v) is 9.02. The molecule has 2 aliphatic heterocycles. The van der Waals surface area contributed by atoms with E-state index in [0.717, 1.165) is 38.0 Å². The molecule has 2 aromatic carbocycles. The van der Waals surface area contributed by atoms with Gasteiger partial charge in [-0.1, -0.05) is 60.7 Å². The summed E-state index contributed by atoms with van der Waals surface area (Å²) in [6.45, 7) is 3.77. The fraction of sp³-hybridized carbons (Fsp3) is 0.333. The third-order valence-corrected chi connectivity index (χ3v) is 6.74. The second-order valence-electron chi connectivity index (χ2n) is 9.02. The maximum atomic E-state index is 13.4. The Labute approximate surface area is 194 Å². The summed E-state index contributed by atoms with van der Waals surface area (Å²) in [6.07, 6.45) is 3.73. The number of nitrogens with zero attached hydrogens (tertiary/aromatic N) is 3. The zero-order chi connectivity index (χ0) is 22.6. The number of carbonyl (C=O) groups excluding carboxylic acids is 2. The number of hydrogen-bond acceptors (Lipinski definition) is 3. The third-order valence-electron chi connectivity index (χ3n) is 6.74. The van der Waals surface area contributed by atoms with E-state index < -0.39 is 6.04 Å². The standard InChI is InChI=1S/C27H30N4O2/c32-26(28-23-13-16-29(17-14-23)18-21-8-3-1-4-9-21)25-20-30-15-7-12-24(30)27(33)31(25)19-22-10-5-2-6-11-22/h1-12,15,23,25H,13-14,16-20H2,(H,28,32). The monoisotopic (exact) mass is 442 g/mol. The summed E-state index contributed by atoms with van der Waals surface area (Å²) in [4.78, 5) is 30.8. The maximum Gasteiger partial charge on any atom is 0.271 e. The number of carbonyl (C=O) groups is 2. The largest absolute Gasteiger partial charge is 0.351 e. The molecular weight excluding hydrogens is 412 g/mol. The molecule has 0 saturated carbocycles. The lowest BCUT2D eigenvalue weighted by Crippen LogP contribution is -2.57. The van der Waals surface area contributed by atoms with Gasteiger partial charge in [0.25, 0.3) is 5.91 Å². The van der Waals surface area contributed by atoms with Crippen molar-refractivity contribution in [2.45, 2.75) is 44.6 Å². The minimum Gasteiger partial charge on any atom is -0.351 e. The Morgan fingerprint density at radius 3 is 2.15 bits per heavy atom. The van der Waals surface area contributed by atoms with Crippen LogP contribution in [0.5, 0.6) is 0 Å². The quantitative estimate of drug-likeness (QED) is 0.637. The molecule has 0 spiro atoms. The number of aromatic nitrogens is 1. The number of fused-ring (bicyclic) bond motifs is 1. The van der Waals surface area contributed by atoms with Crippen molar-refractivity contribution in [1.82, 2.24) is 19.7 Å². The number of rotatable bonds is 6. The summed E-state index contributed by atoms with van der Waals surface area (Å²) in [5.74, 6) is -0.145. The molecule has 1 unspecified atom stereocenters. The highest BCUT2D eigenvalue weighted by molar-refractivity contribution is 5.97. The topological polar surface area (TPSA) is 57.6 Å². The molecule has 3 heterocycles. The smallest absolute Gasteiger partial charge is 0.271 e. The van der Waals surface area contributed by atoms with Gasteiger partial charge in [-0.05, 0) is 36.1 Å². The zero-order valence-corrected chi connectivity index (χ0v) is 18.8. The van der Waals surface area contributed by atoms with Crippen molar-refractivity contribution in [3.63, 3.8) is 0 Å². The molecule has 6 heteroatoms. The highest BCUT2D eigenvalue weighted by Crippen LogP contribution is 2.22. The Bertz CT molecular complexity index is 1090. The van der Waals surface area contributed by atoms with Crippen LogP contribution in [-0.2, 0) is 24.4 Å². The molecule has 1 saturated heterocycles. The molecule has 0 aliphatic carbocycles. The van der Waals surface area contributed by atoms with Crippen LogP contribution in [0.4, 0.5) is 0 Å². The summed E-state index contributed by atoms with van der Waals surface area (Å²) < 4.78 is 1.90. The molecule has 5 rings (SSSR count). The fourth-order valence-electron chi connectivity index (χ4n) is 4.90.